The quantitative estimate of drug-likeness (QED) is 0.876. The van der Waals surface area contributed by atoms with Crippen LogP contribution in [-0.4, -0.2) is 35.1 Å². The van der Waals surface area contributed by atoms with Gasteiger partial charge in [0.15, 0.2) is 0 Å². The first-order chi connectivity index (χ1) is 12.6. The normalized spacial score (nSPS) is 25.6. The highest BCUT2D eigenvalue weighted by Gasteiger charge is 2.45. The second kappa shape index (κ2) is 6.84. The molecule has 4 heteroatoms. The fourth-order valence-electron chi connectivity index (χ4n) is 4.68. The number of halogens is 1. The van der Waals surface area contributed by atoms with Gasteiger partial charge in [0.2, 0.25) is 0 Å². The third-order valence-electron chi connectivity index (χ3n) is 6.08. The summed E-state index contributed by atoms with van der Waals surface area (Å²) in [6.07, 6.45) is 4.40. The average Bonchev–Trinajstić information content (AvgIpc) is 3.01. The van der Waals surface area contributed by atoms with Gasteiger partial charge in [0.25, 0.3) is 5.91 Å². The molecule has 2 atom stereocenters. The van der Waals surface area contributed by atoms with Crippen LogP contribution in [0.4, 0.5) is 4.39 Å². The first-order valence-electron chi connectivity index (χ1n) is 9.42. The molecule has 0 unspecified atom stereocenters. The van der Waals surface area contributed by atoms with E-state index in [9.17, 15) is 14.3 Å². The van der Waals surface area contributed by atoms with E-state index >= 15 is 0 Å². The predicted octanol–water partition coefficient (Wildman–Crippen LogP) is 4.26. The highest BCUT2D eigenvalue weighted by molar-refractivity contribution is 6.01. The summed E-state index contributed by atoms with van der Waals surface area (Å²) in [5.41, 5.74) is 1.45. The molecule has 2 fully saturated rings. The number of carbonyl (C=O) groups is 1. The molecule has 2 aliphatic rings. The minimum Gasteiger partial charge on any atom is -0.392 e. The van der Waals surface area contributed by atoms with Crippen molar-refractivity contribution >= 4 is 5.91 Å². The van der Waals surface area contributed by atoms with Crippen molar-refractivity contribution in [1.29, 1.82) is 0 Å². The number of piperidine rings is 1. The SMILES string of the molecule is O=C(c1ccccc1-c1ccccc1F)N1CCC[C@]2(CCC[C@H]2O)C1. The summed E-state index contributed by atoms with van der Waals surface area (Å²) < 4.78 is 14.3. The first kappa shape index (κ1) is 17.2. The number of likely N-dealkylation sites (tertiary alicyclic amines) is 1. The Morgan fingerprint density at radius 3 is 2.46 bits per heavy atom. The second-order valence-electron chi connectivity index (χ2n) is 7.63. The van der Waals surface area contributed by atoms with Gasteiger partial charge in [-0.15, -0.1) is 0 Å². The molecule has 3 nitrogen and oxygen atoms in total. The topological polar surface area (TPSA) is 40.5 Å². The van der Waals surface area contributed by atoms with Crippen LogP contribution in [0, 0.1) is 11.2 Å². The highest BCUT2D eigenvalue weighted by Crippen LogP contribution is 2.45. The summed E-state index contributed by atoms with van der Waals surface area (Å²) in [4.78, 5) is 15.1. The van der Waals surface area contributed by atoms with Crippen molar-refractivity contribution in [2.75, 3.05) is 13.1 Å². The minimum atomic E-state index is -0.325. The number of rotatable bonds is 2. The molecule has 4 rings (SSSR count). The molecule has 1 aliphatic heterocycles. The van der Waals surface area contributed by atoms with Gasteiger partial charge < -0.3 is 10.0 Å². The van der Waals surface area contributed by atoms with Crippen molar-refractivity contribution in [2.45, 2.75) is 38.2 Å². The summed E-state index contributed by atoms with van der Waals surface area (Å²) >= 11 is 0. The van der Waals surface area contributed by atoms with Crippen LogP contribution in [0.2, 0.25) is 0 Å². The van der Waals surface area contributed by atoms with Crippen molar-refractivity contribution in [2.24, 2.45) is 5.41 Å². The van der Waals surface area contributed by atoms with Crippen LogP contribution in [0.15, 0.2) is 48.5 Å². The lowest BCUT2D eigenvalue weighted by Crippen LogP contribution is -2.49. The number of aliphatic hydroxyl groups excluding tert-OH is 1. The van der Waals surface area contributed by atoms with E-state index < -0.39 is 0 Å². The number of nitrogens with zero attached hydrogens (tertiary/aromatic N) is 1. The van der Waals surface area contributed by atoms with Gasteiger partial charge in [-0.1, -0.05) is 42.8 Å². The maximum Gasteiger partial charge on any atom is 0.254 e. The summed E-state index contributed by atoms with van der Waals surface area (Å²) in [6, 6.07) is 13.8. The van der Waals surface area contributed by atoms with Crippen LogP contribution in [-0.2, 0) is 0 Å². The molecule has 2 aromatic rings. The molecule has 2 aromatic carbocycles. The van der Waals surface area contributed by atoms with E-state index in [-0.39, 0.29) is 23.2 Å². The molecular formula is C22H24FNO2. The predicted molar refractivity (Wildman–Crippen MR) is 99.3 cm³/mol. The molecule has 26 heavy (non-hydrogen) atoms. The number of carbonyl (C=O) groups excluding carboxylic acids is 1. The number of hydrogen-bond donors (Lipinski definition) is 1. The van der Waals surface area contributed by atoms with E-state index in [1.54, 1.807) is 30.3 Å². The Bertz CT molecular complexity index is 821. The van der Waals surface area contributed by atoms with Gasteiger partial charge in [0.05, 0.1) is 6.10 Å². The smallest absolute Gasteiger partial charge is 0.254 e. The maximum atomic E-state index is 14.3. The molecule has 1 saturated carbocycles. The van der Waals surface area contributed by atoms with E-state index in [1.165, 1.54) is 6.07 Å². The molecular weight excluding hydrogens is 329 g/mol. The Balaban J connectivity index is 1.66. The van der Waals surface area contributed by atoms with Crippen molar-refractivity contribution in [1.82, 2.24) is 4.90 Å². The van der Waals surface area contributed by atoms with Crippen LogP contribution in [0.1, 0.15) is 42.5 Å². The van der Waals surface area contributed by atoms with Gasteiger partial charge in [-0.05, 0) is 43.4 Å². The van der Waals surface area contributed by atoms with Crippen LogP contribution in [0.25, 0.3) is 11.1 Å². The fourth-order valence-corrected chi connectivity index (χ4v) is 4.68. The third-order valence-corrected chi connectivity index (χ3v) is 6.08. The molecule has 1 heterocycles. The monoisotopic (exact) mass is 353 g/mol. The summed E-state index contributed by atoms with van der Waals surface area (Å²) in [5, 5.41) is 10.5. The number of amides is 1. The lowest BCUT2D eigenvalue weighted by molar-refractivity contribution is -0.00533. The summed E-state index contributed by atoms with van der Waals surface area (Å²) in [6.45, 7) is 1.29. The van der Waals surface area contributed by atoms with Gasteiger partial charge in [-0.25, -0.2) is 4.39 Å². The Hall–Kier alpha value is -2.20. The van der Waals surface area contributed by atoms with Crippen molar-refractivity contribution in [3.05, 3.63) is 59.9 Å². The van der Waals surface area contributed by atoms with Crippen LogP contribution in [0.5, 0.6) is 0 Å². The van der Waals surface area contributed by atoms with Crippen molar-refractivity contribution in [3.8, 4) is 11.1 Å². The van der Waals surface area contributed by atoms with Gasteiger partial charge in [0, 0.05) is 29.6 Å². The fraction of sp³-hybridized carbons (Fsp3) is 0.409. The molecule has 136 valence electrons. The zero-order chi connectivity index (χ0) is 18.1. The van der Waals surface area contributed by atoms with Gasteiger partial charge in [0.1, 0.15) is 5.82 Å². The molecule has 0 aromatic heterocycles. The highest BCUT2D eigenvalue weighted by atomic mass is 19.1. The van der Waals surface area contributed by atoms with E-state index in [0.29, 0.717) is 29.8 Å². The Morgan fingerprint density at radius 1 is 1.04 bits per heavy atom. The maximum absolute atomic E-state index is 14.3. The molecule has 0 radical (unpaired) electrons. The molecule has 1 N–H and O–H groups in total. The second-order valence-corrected chi connectivity index (χ2v) is 7.63. The number of hydrogen-bond acceptors (Lipinski definition) is 2. The summed E-state index contributed by atoms with van der Waals surface area (Å²) in [7, 11) is 0. The van der Waals surface area contributed by atoms with E-state index in [2.05, 4.69) is 0 Å². The molecule has 1 saturated heterocycles. The Labute approximate surface area is 153 Å². The molecule has 0 bridgehead atoms. The average molecular weight is 353 g/mol. The number of benzene rings is 2. The lowest BCUT2D eigenvalue weighted by atomic mass is 9.76. The van der Waals surface area contributed by atoms with Crippen LogP contribution < -0.4 is 0 Å². The Kier molecular flexibility index (Phi) is 4.53. The van der Waals surface area contributed by atoms with E-state index in [4.69, 9.17) is 0 Å². The van der Waals surface area contributed by atoms with E-state index in [0.717, 1.165) is 32.1 Å². The lowest BCUT2D eigenvalue weighted by Gasteiger charge is -2.42. The minimum absolute atomic E-state index is 0.0676. The van der Waals surface area contributed by atoms with Gasteiger partial charge in [-0.3, -0.25) is 4.79 Å². The van der Waals surface area contributed by atoms with Crippen LogP contribution >= 0.6 is 0 Å². The van der Waals surface area contributed by atoms with Crippen molar-refractivity contribution < 1.29 is 14.3 Å². The van der Waals surface area contributed by atoms with Crippen LogP contribution in [0.3, 0.4) is 0 Å². The zero-order valence-corrected chi connectivity index (χ0v) is 14.8. The third kappa shape index (κ3) is 2.92. The standard InChI is InChI=1S/C22H24FNO2/c23-19-10-4-3-8-17(19)16-7-1-2-9-18(16)21(26)24-14-6-13-22(15-24)12-5-11-20(22)25/h1-4,7-10,20,25H,5-6,11-15H2/t20-,22-/m1/s1. The van der Waals surface area contributed by atoms with Gasteiger partial charge in [-0.2, -0.15) is 0 Å². The zero-order valence-electron chi connectivity index (χ0n) is 14.8. The molecule has 1 aliphatic carbocycles. The van der Waals surface area contributed by atoms with Gasteiger partial charge >= 0.3 is 0 Å². The van der Waals surface area contributed by atoms with Crippen molar-refractivity contribution in [3.63, 3.8) is 0 Å². The molecule has 1 amide bonds. The molecule has 1 spiro atoms. The summed E-state index contributed by atoms with van der Waals surface area (Å²) in [5.74, 6) is -0.392. The largest absolute Gasteiger partial charge is 0.392 e. The number of aliphatic hydroxyl groups is 1. The van der Waals surface area contributed by atoms with E-state index in [1.807, 2.05) is 17.0 Å². The Morgan fingerprint density at radius 2 is 1.73 bits per heavy atom. The first-order valence-corrected chi connectivity index (χ1v) is 9.42.